The summed E-state index contributed by atoms with van der Waals surface area (Å²) in [5.41, 5.74) is 2.59. The van der Waals surface area contributed by atoms with E-state index in [9.17, 15) is 4.79 Å². The van der Waals surface area contributed by atoms with E-state index < -0.39 is 0 Å². The van der Waals surface area contributed by atoms with Gasteiger partial charge in [0.1, 0.15) is 5.82 Å². The fraction of sp³-hybridized carbons (Fsp3) is 0.167. The Labute approximate surface area is 165 Å². The summed E-state index contributed by atoms with van der Waals surface area (Å²) in [6.45, 7) is 3.91. The zero-order valence-electron chi connectivity index (χ0n) is 14.2. The van der Waals surface area contributed by atoms with Crippen molar-refractivity contribution in [2.45, 2.75) is 19.0 Å². The predicted octanol–water partition coefficient (Wildman–Crippen LogP) is 4.92. The Balaban J connectivity index is 1.72. The molecule has 26 heavy (non-hydrogen) atoms. The Bertz CT molecular complexity index is 958. The summed E-state index contributed by atoms with van der Waals surface area (Å²) in [4.78, 5) is 12.3. The van der Waals surface area contributed by atoms with E-state index in [2.05, 4.69) is 15.5 Å². The highest BCUT2D eigenvalue weighted by Gasteiger charge is 2.14. The normalized spacial score (nSPS) is 10.8. The Morgan fingerprint density at radius 2 is 1.96 bits per heavy atom. The van der Waals surface area contributed by atoms with Gasteiger partial charge >= 0.3 is 0 Å². The van der Waals surface area contributed by atoms with Gasteiger partial charge in [-0.25, -0.2) is 0 Å². The lowest BCUT2D eigenvalue weighted by Gasteiger charge is -2.10. The summed E-state index contributed by atoms with van der Waals surface area (Å²) in [6.07, 6.45) is 0. The summed E-state index contributed by atoms with van der Waals surface area (Å²) < 4.78 is 1.93. The third-order valence-corrected chi connectivity index (χ3v) is 5.08. The Morgan fingerprint density at radius 3 is 2.73 bits per heavy atom. The van der Waals surface area contributed by atoms with Crippen LogP contribution in [0.1, 0.15) is 11.4 Å². The van der Waals surface area contributed by atoms with Crippen LogP contribution < -0.4 is 5.32 Å². The SMILES string of the molecule is Cc1cccc(-n2c(C)nnc2SCC(=O)Nc2cc(Cl)ccc2Cl)c1. The van der Waals surface area contributed by atoms with Crippen molar-refractivity contribution in [2.24, 2.45) is 0 Å². The van der Waals surface area contributed by atoms with Gasteiger partial charge in [0.25, 0.3) is 0 Å². The maximum atomic E-state index is 12.3. The quantitative estimate of drug-likeness (QED) is 0.610. The minimum absolute atomic E-state index is 0.173. The molecule has 3 rings (SSSR count). The maximum absolute atomic E-state index is 12.3. The summed E-state index contributed by atoms with van der Waals surface area (Å²) >= 11 is 13.3. The van der Waals surface area contributed by atoms with Crippen LogP contribution in [0.5, 0.6) is 0 Å². The van der Waals surface area contributed by atoms with Crippen LogP contribution in [-0.2, 0) is 4.79 Å². The molecular formula is C18H16Cl2N4OS. The topological polar surface area (TPSA) is 59.8 Å². The molecule has 0 saturated heterocycles. The molecule has 0 aliphatic heterocycles. The minimum atomic E-state index is -0.199. The molecule has 0 spiro atoms. The molecule has 1 heterocycles. The molecule has 1 aromatic heterocycles. The number of aryl methyl sites for hydroxylation is 2. The highest BCUT2D eigenvalue weighted by Crippen LogP contribution is 2.26. The number of aromatic nitrogens is 3. The number of anilines is 1. The van der Waals surface area contributed by atoms with E-state index >= 15 is 0 Å². The van der Waals surface area contributed by atoms with Crippen LogP contribution in [0, 0.1) is 13.8 Å². The number of carbonyl (C=O) groups is 1. The van der Waals surface area contributed by atoms with Gasteiger partial charge in [-0.3, -0.25) is 9.36 Å². The number of amides is 1. The van der Waals surface area contributed by atoms with Crippen LogP contribution >= 0.6 is 35.0 Å². The number of carbonyl (C=O) groups excluding carboxylic acids is 1. The van der Waals surface area contributed by atoms with Gasteiger partial charge in [-0.05, 0) is 49.7 Å². The zero-order chi connectivity index (χ0) is 18.7. The molecule has 3 aromatic rings. The summed E-state index contributed by atoms with van der Waals surface area (Å²) in [7, 11) is 0. The number of rotatable bonds is 5. The van der Waals surface area contributed by atoms with E-state index in [0.29, 0.717) is 20.9 Å². The van der Waals surface area contributed by atoms with Gasteiger partial charge in [-0.1, -0.05) is 47.1 Å². The zero-order valence-corrected chi connectivity index (χ0v) is 16.5. The Morgan fingerprint density at radius 1 is 1.15 bits per heavy atom. The highest BCUT2D eigenvalue weighted by atomic mass is 35.5. The van der Waals surface area contributed by atoms with Crippen LogP contribution in [0.3, 0.4) is 0 Å². The number of benzene rings is 2. The first-order valence-electron chi connectivity index (χ1n) is 7.81. The molecule has 0 aliphatic rings. The molecule has 1 amide bonds. The average Bonchev–Trinajstić information content (AvgIpc) is 2.97. The number of halogens is 2. The van der Waals surface area contributed by atoms with Gasteiger partial charge in [0.05, 0.1) is 16.5 Å². The molecule has 8 heteroatoms. The number of hydrogen-bond acceptors (Lipinski definition) is 4. The van der Waals surface area contributed by atoms with Crippen LogP contribution in [-0.4, -0.2) is 26.4 Å². The lowest BCUT2D eigenvalue weighted by Crippen LogP contribution is -2.15. The molecule has 0 aliphatic carbocycles. The van der Waals surface area contributed by atoms with Crippen LogP contribution in [0.2, 0.25) is 10.0 Å². The molecule has 0 saturated carbocycles. The Hall–Kier alpha value is -2.02. The lowest BCUT2D eigenvalue weighted by molar-refractivity contribution is -0.113. The number of hydrogen-bond donors (Lipinski definition) is 1. The second-order valence-electron chi connectivity index (χ2n) is 5.67. The standard InChI is InChI=1S/C18H16Cl2N4OS/c1-11-4-3-5-14(8-11)24-12(2)22-23-18(24)26-10-17(25)21-16-9-13(19)6-7-15(16)20/h3-9H,10H2,1-2H3,(H,21,25). The van der Waals surface area contributed by atoms with Crippen molar-refractivity contribution in [3.05, 3.63) is 63.9 Å². The molecule has 5 nitrogen and oxygen atoms in total. The minimum Gasteiger partial charge on any atom is -0.324 e. The Kier molecular flexibility index (Phi) is 5.86. The molecule has 0 fully saturated rings. The molecule has 0 radical (unpaired) electrons. The third kappa shape index (κ3) is 4.38. The van der Waals surface area contributed by atoms with Crippen molar-refractivity contribution in [3.8, 4) is 5.69 Å². The van der Waals surface area contributed by atoms with Gasteiger partial charge in [0.15, 0.2) is 5.16 Å². The fourth-order valence-corrected chi connectivity index (χ4v) is 3.54. The second-order valence-corrected chi connectivity index (χ2v) is 7.45. The fourth-order valence-electron chi connectivity index (χ4n) is 2.41. The molecule has 1 N–H and O–H groups in total. The molecule has 0 atom stereocenters. The molecule has 2 aromatic carbocycles. The van der Waals surface area contributed by atoms with E-state index in [1.165, 1.54) is 11.8 Å². The third-order valence-electron chi connectivity index (χ3n) is 3.59. The van der Waals surface area contributed by atoms with Gasteiger partial charge in [0.2, 0.25) is 5.91 Å². The first kappa shape index (κ1) is 18.8. The molecule has 0 bridgehead atoms. The lowest BCUT2D eigenvalue weighted by atomic mass is 10.2. The van der Waals surface area contributed by atoms with Crippen molar-refractivity contribution >= 4 is 46.6 Å². The van der Waals surface area contributed by atoms with Crippen molar-refractivity contribution in [3.63, 3.8) is 0 Å². The predicted molar refractivity (Wildman–Crippen MR) is 107 cm³/mol. The van der Waals surface area contributed by atoms with Crippen LogP contribution in [0.4, 0.5) is 5.69 Å². The number of thioether (sulfide) groups is 1. The van der Waals surface area contributed by atoms with E-state index in [1.54, 1.807) is 18.2 Å². The van der Waals surface area contributed by atoms with Crippen LogP contribution in [0.15, 0.2) is 47.6 Å². The summed E-state index contributed by atoms with van der Waals surface area (Å²) in [5.74, 6) is 0.735. The highest BCUT2D eigenvalue weighted by molar-refractivity contribution is 7.99. The summed E-state index contributed by atoms with van der Waals surface area (Å²) in [6, 6.07) is 13.0. The summed E-state index contributed by atoms with van der Waals surface area (Å²) in [5, 5.41) is 12.7. The smallest absolute Gasteiger partial charge is 0.234 e. The molecular weight excluding hydrogens is 391 g/mol. The number of nitrogens with zero attached hydrogens (tertiary/aromatic N) is 3. The van der Waals surface area contributed by atoms with Gasteiger partial charge in [-0.2, -0.15) is 0 Å². The first-order chi connectivity index (χ1) is 12.4. The first-order valence-corrected chi connectivity index (χ1v) is 9.55. The largest absolute Gasteiger partial charge is 0.324 e. The van der Waals surface area contributed by atoms with Crippen molar-refractivity contribution in [2.75, 3.05) is 11.1 Å². The van der Waals surface area contributed by atoms with Gasteiger partial charge in [-0.15, -0.1) is 10.2 Å². The van der Waals surface area contributed by atoms with Gasteiger partial charge < -0.3 is 5.32 Å². The van der Waals surface area contributed by atoms with Crippen molar-refractivity contribution in [1.29, 1.82) is 0 Å². The van der Waals surface area contributed by atoms with Gasteiger partial charge in [0, 0.05) is 10.7 Å². The van der Waals surface area contributed by atoms with Crippen molar-refractivity contribution in [1.82, 2.24) is 14.8 Å². The average molecular weight is 407 g/mol. The van der Waals surface area contributed by atoms with Crippen LogP contribution in [0.25, 0.3) is 5.69 Å². The molecule has 134 valence electrons. The van der Waals surface area contributed by atoms with E-state index in [1.807, 2.05) is 42.7 Å². The monoisotopic (exact) mass is 406 g/mol. The maximum Gasteiger partial charge on any atom is 0.234 e. The van der Waals surface area contributed by atoms with E-state index in [-0.39, 0.29) is 11.7 Å². The van der Waals surface area contributed by atoms with Crippen molar-refractivity contribution < 1.29 is 4.79 Å². The molecule has 0 unspecified atom stereocenters. The van der Waals surface area contributed by atoms with E-state index in [4.69, 9.17) is 23.2 Å². The van der Waals surface area contributed by atoms with E-state index in [0.717, 1.165) is 17.1 Å². The number of nitrogens with one attached hydrogen (secondary N) is 1. The second kappa shape index (κ2) is 8.12.